The molecule has 0 amide bonds. The third-order valence-corrected chi connectivity index (χ3v) is 4.19. The first-order valence-electron chi connectivity index (χ1n) is 8.07. The van der Waals surface area contributed by atoms with Crippen LogP contribution in [0.3, 0.4) is 0 Å². The van der Waals surface area contributed by atoms with Crippen LogP contribution in [0, 0.1) is 18.3 Å². The molecule has 0 radical (unpaired) electrons. The molecule has 0 spiro atoms. The SMILES string of the molecule is COC(=O)c1cc(C#N)ccc1N1CC[C@H](Oc2ccc(C)cn2)C1. The summed E-state index contributed by atoms with van der Waals surface area (Å²) in [4.78, 5) is 18.4. The lowest BCUT2D eigenvalue weighted by atomic mass is 10.1. The largest absolute Gasteiger partial charge is 0.472 e. The summed E-state index contributed by atoms with van der Waals surface area (Å²) in [5.41, 5.74) is 2.67. The Labute approximate surface area is 146 Å². The Morgan fingerprint density at radius 2 is 2.20 bits per heavy atom. The smallest absolute Gasteiger partial charge is 0.340 e. The molecule has 1 aliphatic rings. The number of esters is 1. The van der Waals surface area contributed by atoms with Gasteiger partial charge in [0.25, 0.3) is 0 Å². The van der Waals surface area contributed by atoms with Crippen molar-refractivity contribution in [2.45, 2.75) is 19.4 Å². The lowest BCUT2D eigenvalue weighted by Crippen LogP contribution is -2.26. The molecule has 6 nitrogen and oxygen atoms in total. The summed E-state index contributed by atoms with van der Waals surface area (Å²) in [7, 11) is 1.34. The van der Waals surface area contributed by atoms with Gasteiger partial charge < -0.3 is 14.4 Å². The second kappa shape index (κ2) is 7.22. The van der Waals surface area contributed by atoms with Crippen LogP contribution in [0.2, 0.25) is 0 Å². The predicted octanol–water partition coefficient (Wildman–Crippen LogP) is 2.71. The highest BCUT2D eigenvalue weighted by Gasteiger charge is 2.27. The van der Waals surface area contributed by atoms with Crippen molar-refractivity contribution in [3.63, 3.8) is 0 Å². The molecular weight excluding hydrogens is 318 g/mol. The summed E-state index contributed by atoms with van der Waals surface area (Å²) in [6, 6.07) is 10.9. The van der Waals surface area contributed by atoms with Gasteiger partial charge in [-0.15, -0.1) is 0 Å². The zero-order chi connectivity index (χ0) is 17.8. The van der Waals surface area contributed by atoms with Gasteiger partial charge in [0.1, 0.15) is 6.10 Å². The van der Waals surface area contributed by atoms with Crippen LogP contribution in [0.5, 0.6) is 5.88 Å². The fourth-order valence-electron chi connectivity index (χ4n) is 2.89. The van der Waals surface area contributed by atoms with Crippen molar-refractivity contribution >= 4 is 11.7 Å². The normalized spacial score (nSPS) is 16.4. The van der Waals surface area contributed by atoms with Crippen LogP contribution in [-0.2, 0) is 4.74 Å². The maximum absolute atomic E-state index is 12.1. The minimum atomic E-state index is -0.448. The second-order valence-electron chi connectivity index (χ2n) is 5.98. The molecule has 2 heterocycles. The fourth-order valence-corrected chi connectivity index (χ4v) is 2.89. The van der Waals surface area contributed by atoms with Crippen molar-refractivity contribution < 1.29 is 14.3 Å². The van der Waals surface area contributed by atoms with E-state index in [0.29, 0.717) is 23.6 Å². The van der Waals surface area contributed by atoms with Crippen LogP contribution in [0.4, 0.5) is 5.69 Å². The molecule has 0 saturated carbocycles. The maximum Gasteiger partial charge on any atom is 0.340 e. The number of pyridine rings is 1. The van der Waals surface area contributed by atoms with Crippen molar-refractivity contribution in [2.24, 2.45) is 0 Å². The minimum Gasteiger partial charge on any atom is -0.472 e. The number of benzene rings is 1. The van der Waals surface area contributed by atoms with E-state index in [1.54, 1.807) is 24.4 Å². The van der Waals surface area contributed by atoms with E-state index in [1.807, 2.05) is 19.1 Å². The van der Waals surface area contributed by atoms with Crippen molar-refractivity contribution in [1.29, 1.82) is 5.26 Å². The summed E-state index contributed by atoms with van der Waals surface area (Å²) < 4.78 is 10.8. The van der Waals surface area contributed by atoms with E-state index in [4.69, 9.17) is 14.7 Å². The number of rotatable bonds is 4. The molecule has 1 atom stereocenters. The third kappa shape index (κ3) is 3.72. The molecule has 1 aromatic carbocycles. The average molecular weight is 337 g/mol. The Hall–Kier alpha value is -3.07. The van der Waals surface area contributed by atoms with Gasteiger partial charge in [0.2, 0.25) is 5.88 Å². The number of anilines is 1. The lowest BCUT2D eigenvalue weighted by molar-refractivity contribution is 0.0601. The topological polar surface area (TPSA) is 75.5 Å². The molecule has 0 unspecified atom stereocenters. The number of methoxy groups -OCH3 is 1. The number of nitrogens with zero attached hydrogens (tertiary/aromatic N) is 3. The van der Waals surface area contributed by atoms with Crippen LogP contribution in [0.1, 0.15) is 27.9 Å². The van der Waals surface area contributed by atoms with E-state index in [1.165, 1.54) is 7.11 Å². The van der Waals surface area contributed by atoms with E-state index < -0.39 is 5.97 Å². The molecule has 1 aliphatic heterocycles. The number of ether oxygens (including phenoxy) is 2. The number of hydrogen-bond acceptors (Lipinski definition) is 6. The highest BCUT2D eigenvalue weighted by Crippen LogP contribution is 2.28. The van der Waals surface area contributed by atoms with Crippen molar-refractivity contribution in [3.05, 3.63) is 53.2 Å². The van der Waals surface area contributed by atoms with Crippen LogP contribution in [0.25, 0.3) is 0 Å². The van der Waals surface area contributed by atoms with Gasteiger partial charge in [-0.2, -0.15) is 5.26 Å². The van der Waals surface area contributed by atoms with Gasteiger partial charge >= 0.3 is 5.97 Å². The first kappa shape index (κ1) is 16.8. The quantitative estimate of drug-likeness (QED) is 0.799. The van der Waals surface area contributed by atoms with Crippen molar-refractivity contribution in [3.8, 4) is 11.9 Å². The number of aromatic nitrogens is 1. The molecular formula is C19H19N3O3. The molecule has 25 heavy (non-hydrogen) atoms. The standard InChI is InChI=1S/C19H19N3O3/c1-13-3-6-18(21-11-13)25-15-7-8-22(12-15)17-5-4-14(10-20)9-16(17)19(23)24-2/h3-6,9,11,15H,7-8,12H2,1-2H3/t15-/m0/s1. The molecule has 2 aromatic rings. The molecule has 1 fully saturated rings. The number of nitriles is 1. The highest BCUT2D eigenvalue weighted by atomic mass is 16.5. The van der Waals surface area contributed by atoms with Gasteiger partial charge in [0, 0.05) is 25.2 Å². The Balaban J connectivity index is 1.76. The number of hydrogen-bond donors (Lipinski definition) is 0. The molecule has 3 rings (SSSR count). The van der Waals surface area contributed by atoms with E-state index in [2.05, 4.69) is 16.0 Å². The van der Waals surface area contributed by atoms with Gasteiger partial charge in [-0.05, 0) is 30.7 Å². The molecule has 0 bridgehead atoms. The summed E-state index contributed by atoms with van der Waals surface area (Å²) in [6.45, 7) is 3.38. The van der Waals surface area contributed by atoms with Crippen LogP contribution >= 0.6 is 0 Å². The van der Waals surface area contributed by atoms with Crippen molar-refractivity contribution in [2.75, 3.05) is 25.1 Å². The predicted molar refractivity (Wildman–Crippen MR) is 92.7 cm³/mol. The lowest BCUT2D eigenvalue weighted by Gasteiger charge is -2.21. The molecule has 128 valence electrons. The molecule has 0 aliphatic carbocycles. The van der Waals surface area contributed by atoms with E-state index >= 15 is 0 Å². The van der Waals surface area contributed by atoms with Crippen LogP contribution < -0.4 is 9.64 Å². The number of aryl methyl sites for hydroxylation is 1. The van der Waals surface area contributed by atoms with Gasteiger partial charge in [0.05, 0.1) is 36.5 Å². The van der Waals surface area contributed by atoms with E-state index in [9.17, 15) is 4.79 Å². The molecule has 1 aromatic heterocycles. The zero-order valence-corrected chi connectivity index (χ0v) is 14.2. The summed E-state index contributed by atoms with van der Waals surface area (Å²) in [6.07, 6.45) is 2.60. The van der Waals surface area contributed by atoms with E-state index in [0.717, 1.165) is 24.2 Å². The van der Waals surface area contributed by atoms with Gasteiger partial charge in [0.15, 0.2) is 0 Å². The van der Waals surface area contributed by atoms with Crippen LogP contribution in [-0.4, -0.2) is 37.3 Å². The Kier molecular flexibility index (Phi) is 4.85. The third-order valence-electron chi connectivity index (χ3n) is 4.19. The maximum atomic E-state index is 12.1. The van der Waals surface area contributed by atoms with Gasteiger partial charge in [-0.3, -0.25) is 0 Å². The fraction of sp³-hybridized carbons (Fsp3) is 0.316. The summed E-state index contributed by atoms with van der Waals surface area (Å²) in [5, 5.41) is 9.06. The Bertz CT molecular complexity index is 812. The highest BCUT2D eigenvalue weighted by molar-refractivity contribution is 5.96. The number of carbonyl (C=O) groups is 1. The monoisotopic (exact) mass is 337 g/mol. The molecule has 1 saturated heterocycles. The minimum absolute atomic E-state index is 0.00338. The van der Waals surface area contributed by atoms with Gasteiger partial charge in [-0.25, -0.2) is 9.78 Å². The second-order valence-corrected chi connectivity index (χ2v) is 5.98. The first-order chi connectivity index (χ1) is 12.1. The van der Waals surface area contributed by atoms with Crippen LogP contribution in [0.15, 0.2) is 36.5 Å². The Morgan fingerprint density at radius 3 is 2.88 bits per heavy atom. The Morgan fingerprint density at radius 1 is 1.36 bits per heavy atom. The summed E-state index contributed by atoms with van der Waals surface area (Å²) in [5.74, 6) is 0.155. The summed E-state index contributed by atoms with van der Waals surface area (Å²) >= 11 is 0. The first-order valence-corrected chi connectivity index (χ1v) is 8.07. The van der Waals surface area contributed by atoms with E-state index in [-0.39, 0.29) is 6.10 Å². The van der Waals surface area contributed by atoms with Gasteiger partial charge in [-0.1, -0.05) is 6.07 Å². The zero-order valence-electron chi connectivity index (χ0n) is 14.2. The molecule has 0 N–H and O–H groups in total. The average Bonchev–Trinajstić information content (AvgIpc) is 3.10. The molecule has 6 heteroatoms. The van der Waals surface area contributed by atoms with Crippen molar-refractivity contribution in [1.82, 2.24) is 4.98 Å². The number of carbonyl (C=O) groups excluding carboxylic acids is 1.